The third-order valence-electron chi connectivity index (χ3n) is 2.78. The Balaban J connectivity index is 1.96. The molecule has 0 aliphatic heterocycles. The van der Waals surface area contributed by atoms with Gasteiger partial charge in [-0.1, -0.05) is 0 Å². The van der Waals surface area contributed by atoms with Crippen molar-refractivity contribution in [1.82, 2.24) is 25.2 Å². The van der Waals surface area contributed by atoms with Crippen molar-refractivity contribution in [2.45, 2.75) is 18.4 Å². The standard InChI is InChI=1S/C12H17N5O5S/c1-8-16-17-11(22-8)7-14-12(18)10-5-9(6-13-10)23(19,20)15-3-4-21-2/h5-6,13,15H,3-4,7H2,1-2H3,(H,14,18). The van der Waals surface area contributed by atoms with Gasteiger partial charge in [0.15, 0.2) is 0 Å². The van der Waals surface area contributed by atoms with E-state index in [1.807, 2.05) is 0 Å². The number of carbonyl (C=O) groups excluding carboxylic acids is 1. The SMILES string of the molecule is COCCNS(=O)(=O)c1c[nH]c(C(=O)NCc2nnc(C)o2)c1. The fourth-order valence-electron chi connectivity index (χ4n) is 1.68. The number of nitrogens with zero attached hydrogens (tertiary/aromatic N) is 2. The Bertz CT molecular complexity index is 766. The molecule has 2 rings (SSSR count). The molecule has 3 N–H and O–H groups in total. The highest BCUT2D eigenvalue weighted by molar-refractivity contribution is 7.89. The van der Waals surface area contributed by atoms with Gasteiger partial charge < -0.3 is 19.5 Å². The first-order chi connectivity index (χ1) is 10.9. The van der Waals surface area contributed by atoms with Gasteiger partial charge in [-0.05, 0) is 6.07 Å². The van der Waals surface area contributed by atoms with Crippen molar-refractivity contribution in [3.05, 3.63) is 29.7 Å². The molecule has 0 bridgehead atoms. The molecule has 0 aliphatic carbocycles. The van der Waals surface area contributed by atoms with E-state index in [0.717, 1.165) is 0 Å². The molecule has 2 aromatic heterocycles. The van der Waals surface area contributed by atoms with Crippen molar-refractivity contribution in [3.8, 4) is 0 Å². The van der Waals surface area contributed by atoms with Gasteiger partial charge in [0, 0.05) is 26.8 Å². The average molecular weight is 343 g/mol. The second kappa shape index (κ2) is 7.35. The summed E-state index contributed by atoms with van der Waals surface area (Å²) in [6.45, 7) is 2.08. The molecule has 23 heavy (non-hydrogen) atoms. The Hall–Kier alpha value is -2.24. The molecule has 0 unspecified atom stereocenters. The third kappa shape index (κ3) is 4.61. The van der Waals surface area contributed by atoms with Crippen LogP contribution < -0.4 is 10.0 Å². The van der Waals surface area contributed by atoms with Gasteiger partial charge in [0.25, 0.3) is 5.91 Å². The molecule has 126 valence electrons. The molecular formula is C12H17N5O5S. The lowest BCUT2D eigenvalue weighted by atomic mass is 10.4. The van der Waals surface area contributed by atoms with Gasteiger partial charge in [-0.25, -0.2) is 13.1 Å². The van der Waals surface area contributed by atoms with Crippen LogP contribution in [0, 0.1) is 6.92 Å². The smallest absolute Gasteiger partial charge is 0.268 e. The molecule has 1 amide bonds. The molecule has 2 aromatic rings. The molecule has 0 saturated heterocycles. The Morgan fingerprint density at radius 1 is 1.43 bits per heavy atom. The van der Waals surface area contributed by atoms with Crippen molar-refractivity contribution >= 4 is 15.9 Å². The Labute approximate surface area is 132 Å². The molecule has 0 atom stereocenters. The quantitative estimate of drug-likeness (QED) is 0.552. The number of aryl methyl sites for hydroxylation is 1. The Morgan fingerprint density at radius 2 is 2.22 bits per heavy atom. The van der Waals surface area contributed by atoms with Crippen LogP contribution in [0.2, 0.25) is 0 Å². The van der Waals surface area contributed by atoms with Crippen molar-refractivity contribution in [1.29, 1.82) is 0 Å². The van der Waals surface area contributed by atoms with Crippen LogP contribution >= 0.6 is 0 Å². The summed E-state index contributed by atoms with van der Waals surface area (Å²) in [6.07, 6.45) is 1.24. The zero-order valence-corrected chi connectivity index (χ0v) is 13.4. The number of rotatable bonds is 8. The van der Waals surface area contributed by atoms with Crippen LogP contribution in [0.3, 0.4) is 0 Å². The second-order valence-electron chi connectivity index (χ2n) is 4.54. The zero-order chi connectivity index (χ0) is 16.9. The van der Waals surface area contributed by atoms with E-state index in [0.29, 0.717) is 5.89 Å². The highest BCUT2D eigenvalue weighted by Gasteiger charge is 2.18. The van der Waals surface area contributed by atoms with Gasteiger partial charge in [-0.15, -0.1) is 10.2 Å². The Morgan fingerprint density at radius 3 is 2.87 bits per heavy atom. The number of H-pyrrole nitrogens is 1. The molecule has 0 aliphatic rings. The predicted octanol–water partition coefficient (Wildman–Crippen LogP) is -0.439. The summed E-state index contributed by atoms with van der Waals surface area (Å²) in [5.41, 5.74) is 0.105. The number of sulfonamides is 1. The molecule has 11 heteroatoms. The van der Waals surface area contributed by atoms with Crippen LogP contribution in [0.5, 0.6) is 0 Å². The molecule has 0 saturated carbocycles. The van der Waals surface area contributed by atoms with Crippen LogP contribution in [0.25, 0.3) is 0 Å². The van der Waals surface area contributed by atoms with Crippen LogP contribution in [0.15, 0.2) is 21.6 Å². The monoisotopic (exact) mass is 343 g/mol. The summed E-state index contributed by atoms with van der Waals surface area (Å²) < 4.78 is 36.2. The molecule has 0 aromatic carbocycles. The van der Waals surface area contributed by atoms with Crippen LogP contribution in [-0.2, 0) is 21.3 Å². The summed E-state index contributed by atoms with van der Waals surface area (Å²) in [5, 5.41) is 9.92. The maximum atomic E-state index is 12.0. The zero-order valence-electron chi connectivity index (χ0n) is 12.6. The largest absolute Gasteiger partial charge is 0.424 e. The molecular weight excluding hydrogens is 326 g/mol. The van der Waals surface area contributed by atoms with Gasteiger partial charge >= 0.3 is 0 Å². The summed E-state index contributed by atoms with van der Waals surface area (Å²) in [5.74, 6) is 0.167. The summed E-state index contributed by atoms with van der Waals surface area (Å²) >= 11 is 0. The number of carbonyl (C=O) groups is 1. The number of hydrogen-bond acceptors (Lipinski definition) is 7. The fourth-order valence-corrected chi connectivity index (χ4v) is 2.69. The van der Waals surface area contributed by atoms with Crippen LogP contribution in [-0.4, -0.2) is 49.8 Å². The van der Waals surface area contributed by atoms with Crippen molar-refractivity contribution in [2.24, 2.45) is 0 Å². The number of hydrogen-bond donors (Lipinski definition) is 3. The lowest BCUT2D eigenvalue weighted by molar-refractivity contribution is 0.0942. The lowest BCUT2D eigenvalue weighted by Crippen LogP contribution is -2.27. The third-order valence-corrected chi connectivity index (χ3v) is 4.22. The summed E-state index contributed by atoms with van der Waals surface area (Å²) in [7, 11) is -2.22. The van der Waals surface area contributed by atoms with Gasteiger partial charge in [-0.3, -0.25) is 4.79 Å². The minimum absolute atomic E-state index is 0.0348. The fraction of sp³-hybridized carbons (Fsp3) is 0.417. The lowest BCUT2D eigenvalue weighted by Gasteiger charge is -2.03. The number of aromatic amines is 1. The maximum absolute atomic E-state index is 12.0. The van der Waals surface area contributed by atoms with Crippen LogP contribution in [0.1, 0.15) is 22.3 Å². The minimum atomic E-state index is -3.69. The van der Waals surface area contributed by atoms with E-state index in [2.05, 4.69) is 25.2 Å². The van der Waals surface area contributed by atoms with Crippen molar-refractivity contribution in [2.75, 3.05) is 20.3 Å². The number of nitrogens with one attached hydrogen (secondary N) is 3. The topological polar surface area (TPSA) is 139 Å². The maximum Gasteiger partial charge on any atom is 0.268 e. The number of ether oxygens (including phenoxy) is 1. The molecule has 0 radical (unpaired) electrons. The van der Waals surface area contributed by atoms with E-state index in [9.17, 15) is 13.2 Å². The van der Waals surface area contributed by atoms with E-state index in [4.69, 9.17) is 9.15 Å². The number of aromatic nitrogens is 3. The summed E-state index contributed by atoms with van der Waals surface area (Å²) in [4.78, 5) is 14.5. The van der Waals surface area contributed by atoms with Crippen LogP contribution in [0.4, 0.5) is 0 Å². The van der Waals surface area contributed by atoms with Gasteiger partial charge in [0.05, 0.1) is 13.2 Å². The average Bonchev–Trinajstić information content (AvgIpc) is 3.14. The minimum Gasteiger partial charge on any atom is -0.424 e. The molecule has 0 fully saturated rings. The van der Waals surface area contributed by atoms with E-state index < -0.39 is 15.9 Å². The van der Waals surface area contributed by atoms with Gasteiger partial charge in [0.1, 0.15) is 10.6 Å². The predicted molar refractivity (Wildman–Crippen MR) is 78.1 cm³/mol. The highest BCUT2D eigenvalue weighted by Crippen LogP contribution is 2.10. The first-order valence-corrected chi connectivity index (χ1v) is 8.15. The van der Waals surface area contributed by atoms with Crippen molar-refractivity contribution < 1.29 is 22.4 Å². The van der Waals surface area contributed by atoms with Gasteiger partial charge in [0.2, 0.25) is 21.8 Å². The number of methoxy groups -OCH3 is 1. The normalized spacial score (nSPS) is 11.6. The summed E-state index contributed by atoms with van der Waals surface area (Å²) in [6, 6.07) is 1.24. The molecule has 2 heterocycles. The molecule has 10 nitrogen and oxygen atoms in total. The van der Waals surface area contributed by atoms with Gasteiger partial charge in [-0.2, -0.15) is 0 Å². The highest BCUT2D eigenvalue weighted by atomic mass is 32.2. The second-order valence-corrected chi connectivity index (χ2v) is 6.30. The van der Waals surface area contributed by atoms with E-state index in [1.54, 1.807) is 6.92 Å². The van der Waals surface area contributed by atoms with E-state index in [-0.39, 0.29) is 36.2 Å². The van der Waals surface area contributed by atoms with E-state index in [1.165, 1.54) is 19.4 Å². The number of amides is 1. The van der Waals surface area contributed by atoms with E-state index >= 15 is 0 Å². The first kappa shape index (κ1) is 17.1. The first-order valence-electron chi connectivity index (χ1n) is 6.66. The molecule has 0 spiro atoms. The van der Waals surface area contributed by atoms with Crippen molar-refractivity contribution in [3.63, 3.8) is 0 Å². The Kier molecular flexibility index (Phi) is 5.47.